The van der Waals surface area contributed by atoms with Gasteiger partial charge in [0.1, 0.15) is 0 Å². The summed E-state index contributed by atoms with van der Waals surface area (Å²) in [6.07, 6.45) is 0. The Labute approximate surface area is 134 Å². The smallest absolute Gasteiger partial charge is 0.240 e. The molecule has 1 aromatic carbocycles. The molecular formula is C16H20N4OS. The average Bonchev–Trinajstić information content (AvgIpc) is 2.94. The van der Waals surface area contributed by atoms with Gasteiger partial charge in [-0.1, -0.05) is 18.2 Å². The Morgan fingerprint density at radius 1 is 1.23 bits per heavy atom. The summed E-state index contributed by atoms with van der Waals surface area (Å²) in [4.78, 5) is 20.8. The topological polar surface area (TPSA) is 48.5 Å². The molecule has 0 spiro atoms. The van der Waals surface area contributed by atoms with E-state index < -0.39 is 0 Å². The molecule has 2 aromatic rings. The molecule has 6 heteroatoms. The largest absolute Gasteiger partial charge is 0.369 e. The molecule has 0 bridgehead atoms. The van der Waals surface area contributed by atoms with Gasteiger partial charge in [-0.25, -0.2) is 4.98 Å². The number of para-hydroxylation sites is 1. The van der Waals surface area contributed by atoms with E-state index in [4.69, 9.17) is 0 Å². The van der Waals surface area contributed by atoms with E-state index >= 15 is 0 Å². The van der Waals surface area contributed by atoms with Crippen LogP contribution in [0.1, 0.15) is 5.69 Å². The number of thiazole rings is 1. The zero-order chi connectivity index (χ0) is 15.4. The molecule has 0 unspecified atom stereocenters. The van der Waals surface area contributed by atoms with Crippen LogP contribution in [-0.2, 0) is 4.79 Å². The van der Waals surface area contributed by atoms with Crippen LogP contribution in [0.5, 0.6) is 0 Å². The van der Waals surface area contributed by atoms with Crippen LogP contribution in [0.4, 0.5) is 10.8 Å². The minimum Gasteiger partial charge on any atom is -0.369 e. The number of hydrogen-bond donors (Lipinski definition) is 1. The quantitative estimate of drug-likeness (QED) is 0.939. The molecule has 116 valence electrons. The second-order valence-electron chi connectivity index (χ2n) is 5.44. The summed E-state index contributed by atoms with van der Waals surface area (Å²) in [5, 5.41) is 5.49. The maximum atomic E-state index is 12.0. The van der Waals surface area contributed by atoms with E-state index in [0.29, 0.717) is 11.7 Å². The third kappa shape index (κ3) is 3.84. The van der Waals surface area contributed by atoms with Gasteiger partial charge in [-0.2, -0.15) is 0 Å². The molecule has 1 saturated heterocycles. The molecule has 0 aliphatic carbocycles. The number of aryl methyl sites for hydroxylation is 1. The Balaban J connectivity index is 1.46. The first kappa shape index (κ1) is 15.0. The number of amides is 1. The van der Waals surface area contributed by atoms with Gasteiger partial charge in [-0.3, -0.25) is 9.69 Å². The maximum Gasteiger partial charge on any atom is 0.240 e. The molecule has 1 aliphatic rings. The number of carbonyl (C=O) groups is 1. The van der Waals surface area contributed by atoms with Gasteiger partial charge in [0, 0.05) is 37.2 Å². The minimum atomic E-state index is 0.0162. The van der Waals surface area contributed by atoms with Crippen molar-refractivity contribution in [3.63, 3.8) is 0 Å². The lowest BCUT2D eigenvalue weighted by molar-refractivity contribution is -0.117. The van der Waals surface area contributed by atoms with Crippen LogP contribution >= 0.6 is 11.3 Å². The van der Waals surface area contributed by atoms with Crippen molar-refractivity contribution in [1.82, 2.24) is 9.88 Å². The summed E-state index contributed by atoms with van der Waals surface area (Å²) in [5.74, 6) is 0.0162. The highest BCUT2D eigenvalue weighted by Gasteiger charge is 2.19. The fourth-order valence-corrected chi connectivity index (χ4v) is 3.28. The molecule has 5 nitrogen and oxygen atoms in total. The number of hydrogen-bond acceptors (Lipinski definition) is 5. The normalized spacial score (nSPS) is 15.8. The number of carbonyl (C=O) groups excluding carboxylic acids is 1. The number of anilines is 2. The third-order valence-electron chi connectivity index (χ3n) is 3.73. The van der Waals surface area contributed by atoms with Gasteiger partial charge >= 0.3 is 0 Å². The Morgan fingerprint density at radius 3 is 2.59 bits per heavy atom. The van der Waals surface area contributed by atoms with Gasteiger partial charge in [0.05, 0.1) is 12.2 Å². The van der Waals surface area contributed by atoms with Gasteiger partial charge in [0.15, 0.2) is 5.13 Å². The van der Waals surface area contributed by atoms with Crippen LogP contribution in [0, 0.1) is 6.92 Å². The number of benzene rings is 1. The Kier molecular flexibility index (Phi) is 4.70. The van der Waals surface area contributed by atoms with Crippen molar-refractivity contribution in [2.75, 3.05) is 42.9 Å². The molecule has 1 amide bonds. The first-order valence-corrected chi connectivity index (χ1v) is 8.33. The molecule has 1 aliphatic heterocycles. The average molecular weight is 316 g/mol. The molecule has 1 aromatic heterocycles. The molecule has 0 saturated carbocycles. The molecule has 0 atom stereocenters. The molecule has 1 fully saturated rings. The van der Waals surface area contributed by atoms with Crippen LogP contribution in [0.25, 0.3) is 0 Å². The first-order valence-electron chi connectivity index (χ1n) is 7.45. The number of nitrogens with one attached hydrogen (secondary N) is 1. The second kappa shape index (κ2) is 6.89. The summed E-state index contributed by atoms with van der Waals surface area (Å²) in [5.41, 5.74) is 2.20. The molecule has 0 radical (unpaired) electrons. The molecular weight excluding hydrogens is 296 g/mol. The SMILES string of the molecule is Cc1csc(NC(=O)CN2CCN(c3ccccc3)CC2)n1. The zero-order valence-electron chi connectivity index (χ0n) is 12.7. The standard InChI is InChI=1S/C16H20N4OS/c1-13-12-22-16(17-13)18-15(21)11-19-7-9-20(10-8-19)14-5-3-2-4-6-14/h2-6,12H,7-11H2,1H3,(H,17,18,21). The van der Waals surface area contributed by atoms with E-state index in [0.717, 1.165) is 31.9 Å². The van der Waals surface area contributed by atoms with E-state index in [2.05, 4.69) is 44.4 Å². The van der Waals surface area contributed by atoms with Crippen molar-refractivity contribution < 1.29 is 4.79 Å². The van der Waals surface area contributed by atoms with Crippen molar-refractivity contribution in [3.8, 4) is 0 Å². The Hall–Kier alpha value is -1.92. The molecule has 1 N–H and O–H groups in total. The Morgan fingerprint density at radius 2 is 1.95 bits per heavy atom. The number of piperazine rings is 1. The second-order valence-corrected chi connectivity index (χ2v) is 6.30. The molecule has 22 heavy (non-hydrogen) atoms. The first-order chi connectivity index (χ1) is 10.7. The van der Waals surface area contributed by atoms with Crippen LogP contribution in [0.15, 0.2) is 35.7 Å². The maximum absolute atomic E-state index is 12.0. The fourth-order valence-electron chi connectivity index (χ4n) is 2.58. The van der Waals surface area contributed by atoms with Crippen molar-refractivity contribution >= 4 is 28.1 Å². The monoisotopic (exact) mass is 316 g/mol. The van der Waals surface area contributed by atoms with Crippen LogP contribution in [0.3, 0.4) is 0 Å². The lowest BCUT2D eigenvalue weighted by atomic mass is 10.2. The van der Waals surface area contributed by atoms with E-state index in [1.54, 1.807) is 0 Å². The van der Waals surface area contributed by atoms with Crippen LogP contribution < -0.4 is 10.2 Å². The number of aromatic nitrogens is 1. The summed E-state index contributed by atoms with van der Waals surface area (Å²) in [7, 11) is 0. The van der Waals surface area contributed by atoms with Crippen molar-refractivity contribution in [2.45, 2.75) is 6.92 Å². The zero-order valence-corrected chi connectivity index (χ0v) is 13.5. The fraction of sp³-hybridized carbons (Fsp3) is 0.375. The third-order valence-corrected chi connectivity index (χ3v) is 4.60. The van der Waals surface area contributed by atoms with Crippen molar-refractivity contribution in [3.05, 3.63) is 41.4 Å². The summed E-state index contributed by atoms with van der Waals surface area (Å²) < 4.78 is 0. The highest BCUT2D eigenvalue weighted by molar-refractivity contribution is 7.13. The van der Waals surface area contributed by atoms with Gasteiger partial charge < -0.3 is 10.2 Å². The summed E-state index contributed by atoms with van der Waals surface area (Å²) in [6, 6.07) is 10.4. The summed E-state index contributed by atoms with van der Waals surface area (Å²) in [6.45, 7) is 6.07. The predicted molar refractivity (Wildman–Crippen MR) is 90.6 cm³/mol. The number of nitrogens with zero attached hydrogens (tertiary/aromatic N) is 3. The minimum absolute atomic E-state index is 0.0162. The van der Waals surface area contributed by atoms with E-state index in [1.165, 1.54) is 17.0 Å². The lowest BCUT2D eigenvalue weighted by Gasteiger charge is -2.35. The molecule has 2 heterocycles. The Bertz CT molecular complexity index is 620. The van der Waals surface area contributed by atoms with E-state index in [-0.39, 0.29) is 5.91 Å². The van der Waals surface area contributed by atoms with Crippen molar-refractivity contribution in [1.29, 1.82) is 0 Å². The van der Waals surface area contributed by atoms with Gasteiger partial charge in [0.2, 0.25) is 5.91 Å². The van der Waals surface area contributed by atoms with Crippen molar-refractivity contribution in [2.24, 2.45) is 0 Å². The van der Waals surface area contributed by atoms with Crippen LogP contribution in [-0.4, -0.2) is 48.5 Å². The van der Waals surface area contributed by atoms with Gasteiger partial charge in [0.25, 0.3) is 0 Å². The highest BCUT2D eigenvalue weighted by atomic mass is 32.1. The predicted octanol–water partition coefficient (Wildman–Crippen LogP) is 2.21. The lowest BCUT2D eigenvalue weighted by Crippen LogP contribution is -2.48. The van der Waals surface area contributed by atoms with Gasteiger partial charge in [-0.05, 0) is 19.1 Å². The van der Waals surface area contributed by atoms with Crippen LogP contribution in [0.2, 0.25) is 0 Å². The van der Waals surface area contributed by atoms with E-state index in [1.807, 2.05) is 18.4 Å². The molecule has 3 rings (SSSR count). The number of rotatable bonds is 4. The van der Waals surface area contributed by atoms with E-state index in [9.17, 15) is 4.79 Å². The highest BCUT2D eigenvalue weighted by Crippen LogP contribution is 2.16. The summed E-state index contributed by atoms with van der Waals surface area (Å²) >= 11 is 1.47. The van der Waals surface area contributed by atoms with Gasteiger partial charge in [-0.15, -0.1) is 11.3 Å².